The topological polar surface area (TPSA) is 40.5 Å². The van der Waals surface area contributed by atoms with E-state index in [2.05, 4.69) is 0 Å². The average Bonchev–Trinajstić information content (AvgIpc) is 2.13. The summed E-state index contributed by atoms with van der Waals surface area (Å²) in [5.74, 6) is 0.322. The number of para-hydroxylation sites is 1. The molecule has 1 aromatic rings. The third kappa shape index (κ3) is 8.98. The highest BCUT2D eigenvalue weighted by Crippen LogP contribution is 2.02. The van der Waals surface area contributed by atoms with E-state index in [0.717, 1.165) is 7.11 Å². The second kappa shape index (κ2) is 11.7. The molecule has 0 fully saturated rings. The third-order valence-electron chi connectivity index (χ3n) is 0.756. The van der Waals surface area contributed by atoms with Crippen LogP contribution in [-0.2, 0) is 0 Å². The van der Waals surface area contributed by atoms with Crippen LogP contribution in [0.15, 0.2) is 30.3 Å². The number of aliphatic hydroxyl groups is 1. The van der Waals surface area contributed by atoms with Gasteiger partial charge in [0.15, 0.2) is 0 Å². The van der Waals surface area contributed by atoms with E-state index >= 15 is 0 Å². The predicted molar refractivity (Wildman–Crippen MR) is 47.6 cm³/mol. The molecule has 0 bridgehead atoms. The van der Waals surface area contributed by atoms with Gasteiger partial charge in [0, 0.05) is 7.11 Å². The molecule has 0 spiro atoms. The van der Waals surface area contributed by atoms with E-state index in [4.69, 9.17) is 10.2 Å². The Hall–Kier alpha value is -1.02. The van der Waals surface area contributed by atoms with Crippen molar-refractivity contribution in [3.8, 4) is 5.75 Å². The summed E-state index contributed by atoms with van der Waals surface area (Å²) in [6, 6.07) is 8.71. The Morgan fingerprint density at radius 2 is 1.27 bits per heavy atom. The number of benzene rings is 1. The van der Waals surface area contributed by atoms with E-state index in [1.54, 1.807) is 24.3 Å². The summed E-state index contributed by atoms with van der Waals surface area (Å²) in [6.07, 6.45) is 0. The number of hydrogen-bond donors (Lipinski definition) is 2. The maximum absolute atomic E-state index is 8.63. The van der Waals surface area contributed by atoms with Gasteiger partial charge in [-0.2, -0.15) is 0 Å². The van der Waals surface area contributed by atoms with Gasteiger partial charge in [-0.05, 0) is 12.1 Å². The number of phenolic OH excluding ortho intramolecular Hbond substituents is 1. The minimum absolute atomic E-state index is 0.322. The second-order valence-electron chi connectivity index (χ2n) is 1.34. The van der Waals surface area contributed by atoms with Gasteiger partial charge in [-0.15, -0.1) is 0 Å². The molecular weight excluding hydrogens is 140 g/mol. The Bertz CT molecular complexity index is 137. The molecule has 0 amide bonds. The molecule has 2 heteroatoms. The molecule has 1 rings (SSSR count). The Kier molecular flexibility index (Phi) is 13.5. The molecule has 0 aliphatic rings. The van der Waals surface area contributed by atoms with Gasteiger partial charge < -0.3 is 10.2 Å². The van der Waals surface area contributed by atoms with Crippen molar-refractivity contribution in [2.75, 3.05) is 7.11 Å². The van der Waals surface area contributed by atoms with Gasteiger partial charge in [-0.1, -0.05) is 32.0 Å². The lowest BCUT2D eigenvalue weighted by Crippen LogP contribution is -1.56. The minimum Gasteiger partial charge on any atom is -0.508 e. The molecular formula is C9H16O2. The molecule has 0 heterocycles. The fourth-order valence-corrected chi connectivity index (χ4v) is 0.428. The van der Waals surface area contributed by atoms with E-state index in [9.17, 15) is 0 Å². The minimum atomic E-state index is 0.322. The molecule has 0 aromatic heterocycles. The van der Waals surface area contributed by atoms with Crippen LogP contribution in [0.3, 0.4) is 0 Å². The quantitative estimate of drug-likeness (QED) is 0.603. The van der Waals surface area contributed by atoms with Crippen molar-refractivity contribution >= 4 is 0 Å². The molecule has 2 N–H and O–H groups in total. The first-order valence-corrected chi connectivity index (χ1v) is 3.58. The molecule has 2 nitrogen and oxygen atoms in total. The number of rotatable bonds is 0. The molecule has 0 aliphatic carbocycles. The zero-order valence-electron chi connectivity index (χ0n) is 7.28. The highest BCUT2D eigenvalue weighted by atomic mass is 16.3. The van der Waals surface area contributed by atoms with Crippen LogP contribution in [0, 0.1) is 0 Å². The Labute approximate surface area is 68.1 Å². The van der Waals surface area contributed by atoms with Gasteiger partial charge in [0.05, 0.1) is 0 Å². The van der Waals surface area contributed by atoms with Gasteiger partial charge in [0.2, 0.25) is 0 Å². The van der Waals surface area contributed by atoms with Gasteiger partial charge in [0.25, 0.3) is 0 Å². The number of phenols is 1. The highest BCUT2D eigenvalue weighted by Gasteiger charge is 1.74. The molecule has 0 aliphatic heterocycles. The predicted octanol–water partition coefficient (Wildman–Crippen LogP) is 2.03. The lowest BCUT2D eigenvalue weighted by atomic mass is 10.3. The number of aliphatic hydroxyl groups excluding tert-OH is 1. The van der Waals surface area contributed by atoms with Crippen LogP contribution in [0.5, 0.6) is 5.75 Å². The van der Waals surface area contributed by atoms with Gasteiger partial charge >= 0.3 is 0 Å². The van der Waals surface area contributed by atoms with Crippen LogP contribution < -0.4 is 0 Å². The summed E-state index contributed by atoms with van der Waals surface area (Å²) < 4.78 is 0. The van der Waals surface area contributed by atoms with Crippen molar-refractivity contribution in [2.24, 2.45) is 0 Å². The maximum Gasteiger partial charge on any atom is 0.115 e. The van der Waals surface area contributed by atoms with E-state index in [0.29, 0.717) is 5.75 Å². The summed E-state index contributed by atoms with van der Waals surface area (Å²) >= 11 is 0. The second-order valence-corrected chi connectivity index (χ2v) is 1.34. The SMILES string of the molecule is CC.CO.Oc1ccccc1. The van der Waals surface area contributed by atoms with Gasteiger partial charge in [-0.25, -0.2) is 0 Å². The molecule has 0 unspecified atom stereocenters. The standard InChI is InChI=1S/C6H6O.C2H6.CH4O/c7-6-4-2-1-3-5-6;2*1-2/h1-5,7H;1-2H3;2H,1H3. The van der Waals surface area contributed by atoms with Crippen molar-refractivity contribution in [3.63, 3.8) is 0 Å². The molecule has 11 heavy (non-hydrogen) atoms. The van der Waals surface area contributed by atoms with Crippen molar-refractivity contribution in [3.05, 3.63) is 30.3 Å². The summed E-state index contributed by atoms with van der Waals surface area (Å²) in [6.45, 7) is 4.00. The number of aromatic hydroxyl groups is 1. The normalized spacial score (nSPS) is 6.55. The van der Waals surface area contributed by atoms with Crippen LogP contribution in [0.4, 0.5) is 0 Å². The fourth-order valence-electron chi connectivity index (χ4n) is 0.428. The lowest BCUT2D eigenvalue weighted by molar-refractivity contribution is 0.399. The van der Waals surface area contributed by atoms with Crippen LogP contribution >= 0.6 is 0 Å². The van der Waals surface area contributed by atoms with E-state index < -0.39 is 0 Å². The van der Waals surface area contributed by atoms with E-state index in [1.165, 1.54) is 0 Å². The zero-order valence-corrected chi connectivity index (χ0v) is 7.28. The Morgan fingerprint density at radius 1 is 0.909 bits per heavy atom. The van der Waals surface area contributed by atoms with Crippen molar-refractivity contribution in [1.82, 2.24) is 0 Å². The van der Waals surface area contributed by atoms with Crippen LogP contribution in [0.25, 0.3) is 0 Å². The summed E-state index contributed by atoms with van der Waals surface area (Å²) in [5.41, 5.74) is 0. The first kappa shape index (κ1) is 12.6. The fraction of sp³-hybridized carbons (Fsp3) is 0.333. The van der Waals surface area contributed by atoms with Crippen LogP contribution in [0.1, 0.15) is 13.8 Å². The Balaban J connectivity index is 0. The monoisotopic (exact) mass is 156 g/mol. The number of hydrogen-bond acceptors (Lipinski definition) is 2. The molecule has 64 valence electrons. The molecule has 1 aromatic carbocycles. The summed E-state index contributed by atoms with van der Waals surface area (Å²) in [5, 5.41) is 15.6. The van der Waals surface area contributed by atoms with Crippen LogP contribution in [0.2, 0.25) is 0 Å². The van der Waals surface area contributed by atoms with E-state index in [1.807, 2.05) is 19.9 Å². The smallest absolute Gasteiger partial charge is 0.115 e. The van der Waals surface area contributed by atoms with Crippen molar-refractivity contribution in [2.45, 2.75) is 13.8 Å². The van der Waals surface area contributed by atoms with Crippen LogP contribution in [-0.4, -0.2) is 17.3 Å². The van der Waals surface area contributed by atoms with E-state index in [-0.39, 0.29) is 0 Å². The van der Waals surface area contributed by atoms with Gasteiger partial charge in [0.1, 0.15) is 5.75 Å². The van der Waals surface area contributed by atoms with Crippen molar-refractivity contribution < 1.29 is 10.2 Å². The molecule has 0 radical (unpaired) electrons. The first-order chi connectivity index (χ1) is 5.39. The zero-order chi connectivity index (χ0) is 9.11. The largest absolute Gasteiger partial charge is 0.508 e. The van der Waals surface area contributed by atoms with Crippen molar-refractivity contribution in [1.29, 1.82) is 0 Å². The Morgan fingerprint density at radius 3 is 1.45 bits per heavy atom. The summed E-state index contributed by atoms with van der Waals surface area (Å²) in [4.78, 5) is 0. The lowest BCUT2D eigenvalue weighted by Gasteiger charge is -1.82. The average molecular weight is 156 g/mol. The highest BCUT2D eigenvalue weighted by molar-refractivity contribution is 5.18. The van der Waals surface area contributed by atoms with Gasteiger partial charge in [-0.3, -0.25) is 0 Å². The first-order valence-electron chi connectivity index (χ1n) is 3.58. The molecule has 0 saturated carbocycles. The molecule has 0 saturated heterocycles. The summed E-state index contributed by atoms with van der Waals surface area (Å²) in [7, 11) is 1.00. The maximum atomic E-state index is 8.63. The third-order valence-corrected chi connectivity index (χ3v) is 0.756. The molecule has 0 atom stereocenters.